The lowest BCUT2D eigenvalue weighted by molar-refractivity contribution is 0.406. The van der Waals surface area contributed by atoms with Crippen LogP contribution in [0.25, 0.3) is 43.6 Å². The first-order chi connectivity index (χ1) is 16.1. The van der Waals surface area contributed by atoms with Gasteiger partial charge in [-0.25, -0.2) is 0 Å². The van der Waals surface area contributed by atoms with E-state index in [9.17, 15) is 0 Å². The molecule has 1 nitrogen and oxygen atoms in total. The first kappa shape index (κ1) is 22.6. The lowest BCUT2D eigenvalue weighted by atomic mass is 9.83. The van der Waals surface area contributed by atoms with Gasteiger partial charge < -0.3 is 0 Å². The number of hydrogen-bond acceptors (Lipinski definition) is 1. The van der Waals surface area contributed by atoms with E-state index in [1.165, 1.54) is 49.0 Å². The van der Waals surface area contributed by atoms with E-state index in [1.807, 2.05) is 6.20 Å². The van der Waals surface area contributed by atoms with Gasteiger partial charge in [-0.2, -0.15) is 0 Å². The summed E-state index contributed by atoms with van der Waals surface area (Å²) in [6, 6.07) is 27.0. The molecule has 0 atom stereocenters. The SMILES string of the molecule is CC(C)(C)Cc1cc(CC(C)(C)C)cc(-c2nccc3c2ccc2c4ccccc4ccc32)c1. The summed E-state index contributed by atoms with van der Waals surface area (Å²) in [6.07, 6.45) is 4.08. The summed E-state index contributed by atoms with van der Waals surface area (Å²) in [4.78, 5) is 4.92. The van der Waals surface area contributed by atoms with Crippen molar-refractivity contribution in [2.75, 3.05) is 0 Å². The molecule has 0 radical (unpaired) electrons. The van der Waals surface area contributed by atoms with Crippen molar-refractivity contribution < 1.29 is 0 Å². The fourth-order valence-corrected chi connectivity index (χ4v) is 5.31. The van der Waals surface area contributed by atoms with Gasteiger partial charge >= 0.3 is 0 Å². The number of rotatable bonds is 3. The highest BCUT2D eigenvalue weighted by molar-refractivity contribution is 6.18. The first-order valence-electron chi connectivity index (χ1n) is 12.4. The zero-order valence-corrected chi connectivity index (χ0v) is 21.4. The smallest absolute Gasteiger partial charge is 0.0780 e. The van der Waals surface area contributed by atoms with Gasteiger partial charge in [-0.05, 0) is 79.9 Å². The van der Waals surface area contributed by atoms with Crippen LogP contribution in [0.2, 0.25) is 0 Å². The number of benzene rings is 4. The van der Waals surface area contributed by atoms with Crippen LogP contribution in [0.15, 0.2) is 79.0 Å². The van der Waals surface area contributed by atoms with Crippen LogP contribution in [0.3, 0.4) is 0 Å². The quantitative estimate of drug-likeness (QED) is 0.252. The predicted octanol–water partition coefficient (Wildman–Crippen LogP) is 9.39. The molecule has 5 rings (SSSR count). The fourth-order valence-electron chi connectivity index (χ4n) is 5.31. The van der Waals surface area contributed by atoms with Crippen LogP contribution in [0.1, 0.15) is 52.7 Å². The van der Waals surface area contributed by atoms with E-state index in [2.05, 4.69) is 114 Å². The van der Waals surface area contributed by atoms with E-state index in [0.29, 0.717) is 0 Å². The number of aromatic nitrogens is 1. The molecule has 0 aliphatic carbocycles. The molecule has 0 amide bonds. The number of fused-ring (bicyclic) bond motifs is 5. The summed E-state index contributed by atoms with van der Waals surface area (Å²) in [7, 11) is 0. The van der Waals surface area contributed by atoms with E-state index in [4.69, 9.17) is 4.98 Å². The molecule has 0 aliphatic heterocycles. The average Bonchev–Trinajstić information content (AvgIpc) is 2.75. The first-order valence-corrected chi connectivity index (χ1v) is 12.4. The van der Waals surface area contributed by atoms with Gasteiger partial charge in [0.1, 0.15) is 0 Å². The zero-order valence-electron chi connectivity index (χ0n) is 21.4. The van der Waals surface area contributed by atoms with Crippen LogP contribution in [-0.4, -0.2) is 4.98 Å². The zero-order chi connectivity index (χ0) is 24.1. The summed E-state index contributed by atoms with van der Waals surface area (Å²) in [5.74, 6) is 0. The van der Waals surface area contributed by atoms with Crippen molar-refractivity contribution in [2.24, 2.45) is 10.8 Å². The van der Waals surface area contributed by atoms with Gasteiger partial charge in [0.15, 0.2) is 0 Å². The lowest BCUT2D eigenvalue weighted by Gasteiger charge is -2.22. The highest BCUT2D eigenvalue weighted by atomic mass is 14.7. The molecule has 1 heteroatoms. The minimum absolute atomic E-state index is 0.237. The van der Waals surface area contributed by atoms with Crippen molar-refractivity contribution >= 4 is 32.3 Å². The molecule has 0 saturated carbocycles. The Balaban J connectivity index is 1.73. The highest BCUT2D eigenvalue weighted by Crippen LogP contribution is 2.36. The molecule has 1 heterocycles. The molecule has 0 bridgehead atoms. The molecular weight excluding hydrogens is 410 g/mol. The van der Waals surface area contributed by atoms with E-state index < -0.39 is 0 Å². The van der Waals surface area contributed by atoms with Crippen molar-refractivity contribution in [3.63, 3.8) is 0 Å². The summed E-state index contributed by atoms with van der Waals surface area (Å²) in [5, 5.41) is 7.68. The Morgan fingerprint density at radius 1 is 0.559 bits per heavy atom. The third kappa shape index (κ3) is 4.57. The highest BCUT2D eigenvalue weighted by Gasteiger charge is 2.18. The van der Waals surface area contributed by atoms with Gasteiger partial charge in [0.05, 0.1) is 5.69 Å². The minimum Gasteiger partial charge on any atom is -0.256 e. The third-order valence-electron chi connectivity index (χ3n) is 6.46. The molecule has 0 spiro atoms. The number of pyridine rings is 1. The predicted molar refractivity (Wildman–Crippen MR) is 149 cm³/mol. The van der Waals surface area contributed by atoms with Crippen molar-refractivity contribution in [3.8, 4) is 11.3 Å². The maximum atomic E-state index is 4.92. The van der Waals surface area contributed by atoms with Gasteiger partial charge in [0, 0.05) is 17.1 Å². The van der Waals surface area contributed by atoms with Crippen molar-refractivity contribution in [1.82, 2.24) is 4.98 Å². The Bertz CT molecular complexity index is 1480. The fraction of sp³-hybridized carbons (Fsp3) is 0.303. The molecule has 0 fully saturated rings. The topological polar surface area (TPSA) is 12.9 Å². The van der Waals surface area contributed by atoms with Crippen LogP contribution in [-0.2, 0) is 12.8 Å². The van der Waals surface area contributed by atoms with E-state index in [1.54, 1.807) is 0 Å². The molecule has 0 N–H and O–H groups in total. The van der Waals surface area contributed by atoms with Gasteiger partial charge in [0.25, 0.3) is 0 Å². The molecule has 0 saturated heterocycles. The monoisotopic (exact) mass is 445 g/mol. The van der Waals surface area contributed by atoms with Crippen molar-refractivity contribution in [3.05, 3.63) is 90.1 Å². The molecule has 0 aliphatic rings. The maximum Gasteiger partial charge on any atom is 0.0780 e. The van der Waals surface area contributed by atoms with Crippen molar-refractivity contribution in [2.45, 2.75) is 54.4 Å². The number of hydrogen-bond donors (Lipinski definition) is 0. The molecule has 5 aromatic rings. The summed E-state index contributed by atoms with van der Waals surface area (Å²) < 4.78 is 0. The van der Waals surface area contributed by atoms with Crippen molar-refractivity contribution in [1.29, 1.82) is 0 Å². The Labute approximate surface area is 203 Å². The van der Waals surface area contributed by atoms with E-state index >= 15 is 0 Å². The van der Waals surface area contributed by atoms with Gasteiger partial charge in [-0.1, -0.05) is 96.1 Å². The Morgan fingerprint density at radius 3 is 1.79 bits per heavy atom. The summed E-state index contributed by atoms with van der Waals surface area (Å²) in [5.41, 5.74) is 5.58. The second kappa shape index (κ2) is 8.24. The van der Waals surface area contributed by atoms with Gasteiger partial charge in [-0.15, -0.1) is 0 Å². The Kier molecular flexibility index (Phi) is 5.47. The number of nitrogens with zero attached hydrogens (tertiary/aromatic N) is 1. The van der Waals surface area contributed by atoms with Crippen LogP contribution < -0.4 is 0 Å². The summed E-state index contributed by atoms with van der Waals surface area (Å²) >= 11 is 0. The normalized spacial score (nSPS) is 12.6. The average molecular weight is 446 g/mol. The van der Waals surface area contributed by atoms with Gasteiger partial charge in [-0.3, -0.25) is 4.98 Å². The maximum absolute atomic E-state index is 4.92. The van der Waals surface area contributed by atoms with Crippen LogP contribution in [0.4, 0.5) is 0 Å². The molecule has 172 valence electrons. The Morgan fingerprint density at radius 2 is 1.12 bits per heavy atom. The molecule has 4 aromatic carbocycles. The molecule has 1 aromatic heterocycles. The summed E-state index contributed by atoms with van der Waals surface area (Å²) in [6.45, 7) is 13.9. The Hall–Kier alpha value is -3.19. The second-order valence-electron chi connectivity index (χ2n) is 12.2. The van der Waals surface area contributed by atoms with Crippen LogP contribution in [0.5, 0.6) is 0 Å². The molecular formula is C33H35N. The molecule has 34 heavy (non-hydrogen) atoms. The lowest BCUT2D eigenvalue weighted by Crippen LogP contribution is -2.12. The second-order valence-corrected chi connectivity index (χ2v) is 12.2. The van der Waals surface area contributed by atoms with Crippen LogP contribution in [0, 0.1) is 10.8 Å². The van der Waals surface area contributed by atoms with E-state index in [0.717, 1.165) is 18.5 Å². The standard InChI is InChI=1S/C33H35N/c1-32(2,3)20-22-17-23(21-33(4,5)6)19-25(18-22)31-30-14-13-27-26-10-8-7-9-24(26)11-12-28(27)29(30)15-16-34-31/h7-19H,20-21H2,1-6H3. The third-order valence-corrected chi connectivity index (χ3v) is 6.46. The minimum atomic E-state index is 0.237. The van der Waals surface area contributed by atoms with E-state index in [-0.39, 0.29) is 10.8 Å². The van der Waals surface area contributed by atoms with Crippen LogP contribution >= 0.6 is 0 Å². The largest absolute Gasteiger partial charge is 0.256 e. The molecule has 0 unspecified atom stereocenters. The van der Waals surface area contributed by atoms with Gasteiger partial charge in [0.2, 0.25) is 0 Å².